The number of nitro benzene ring substituents is 1. The summed E-state index contributed by atoms with van der Waals surface area (Å²) < 4.78 is 6.46. The van der Waals surface area contributed by atoms with Crippen molar-refractivity contribution in [1.29, 1.82) is 0 Å². The maximum absolute atomic E-state index is 11.8. The van der Waals surface area contributed by atoms with Crippen molar-refractivity contribution in [2.45, 2.75) is 13.3 Å². The van der Waals surface area contributed by atoms with Gasteiger partial charge in [0.05, 0.1) is 11.1 Å². The zero-order chi connectivity index (χ0) is 18.2. The van der Waals surface area contributed by atoms with Crippen molar-refractivity contribution in [2.75, 3.05) is 6.61 Å². The highest BCUT2D eigenvalue weighted by molar-refractivity contribution is 9.10. The molecule has 0 aliphatic rings. The quantitative estimate of drug-likeness (QED) is 0.433. The molecule has 2 aromatic rings. The van der Waals surface area contributed by atoms with E-state index in [1.807, 2.05) is 19.1 Å². The molecule has 0 saturated carbocycles. The number of nitro groups is 1. The number of hydrogen-bond donors (Lipinski definition) is 1. The Labute approximate surface area is 153 Å². The molecule has 0 bridgehead atoms. The molecule has 1 amide bonds. The molecule has 0 aliphatic carbocycles. The second kappa shape index (κ2) is 8.93. The Hall–Kier alpha value is -2.74. The third-order valence-electron chi connectivity index (χ3n) is 3.27. The van der Waals surface area contributed by atoms with Crippen molar-refractivity contribution in [3.05, 3.63) is 68.2 Å². The average molecular weight is 406 g/mol. The molecule has 2 aromatic carbocycles. The molecule has 7 nitrogen and oxygen atoms in total. The number of aryl methyl sites for hydroxylation is 1. The van der Waals surface area contributed by atoms with Gasteiger partial charge in [-0.2, -0.15) is 5.10 Å². The number of rotatable bonds is 7. The normalized spacial score (nSPS) is 10.6. The SMILES string of the molecule is CCc1cc(Br)ccc1OCC(=O)N/N=C/c1ccc([N+](=O)[O-])cc1. The highest BCUT2D eigenvalue weighted by atomic mass is 79.9. The number of amides is 1. The van der Waals surface area contributed by atoms with E-state index in [2.05, 4.69) is 26.5 Å². The fraction of sp³-hybridized carbons (Fsp3) is 0.176. The van der Waals surface area contributed by atoms with Crippen LogP contribution in [0.25, 0.3) is 0 Å². The first-order valence-electron chi connectivity index (χ1n) is 7.47. The third kappa shape index (κ3) is 5.68. The largest absolute Gasteiger partial charge is 0.483 e. The van der Waals surface area contributed by atoms with E-state index < -0.39 is 10.8 Å². The Morgan fingerprint density at radius 1 is 1.32 bits per heavy atom. The topological polar surface area (TPSA) is 93.8 Å². The Bertz CT molecular complexity index is 791. The van der Waals surface area contributed by atoms with Crippen LogP contribution in [0.5, 0.6) is 5.75 Å². The number of halogens is 1. The molecule has 130 valence electrons. The summed E-state index contributed by atoms with van der Waals surface area (Å²) in [6.45, 7) is 1.84. The van der Waals surface area contributed by atoms with Gasteiger partial charge in [-0.15, -0.1) is 0 Å². The Morgan fingerprint density at radius 3 is 2.68 bits per heavy atom. The minimum absolute atomic E-state index is 0.00388. The van der Waals surface area contributed by atoms with Crippen LogP contribution in [0.1, 0.15) is 18.1 Å². The van der Waals surface area contributed by atoms with Crippen molar-refractivity contribution < 1.29 is 14.5 Å². The first-order valence-corrected chi connectivity index (χ1v) is 8.26. The van der Waals surface area contributed by atoms with Gasteiger partial charge in [-0.25, -0.2) is 5.43 Å². The van der Waals surface area contributed by atoms with Crippen molar-refractivity contribution in [3.8, 4) is 5.75 Å². The number of carbonyl (C=O) groups excluding carboxylic acids is 1. The molecule has 1 N–H and O–H groups in total. The lowest BCUT2D eigenvalue weighted by atomic mass is 10.1. The van der Waals surface area contributed by atoms with Gasteiger partial charge < -0.3 is 4.74 Å². The molecule has 25 heavy (non-hydrogen) atoms. The maximum atomic E-state index is 11.8. The smallest absolute Gasteiger partial charge is 0.277 e. The molecule has 0 saturated heterocycles. The Morgan fingerprint density at radius 2 is 2.04 bits per heavy atom. The summed E-state index contributed by atoms with van der Waals surface area (Å²) in [5.41, 5.74) is 3.98. The number of carbonyl (C=O) groups is 1. The number of non-ortho nitro benzene ring substituents is 1. The van der Waals surface area contributed by atoms with Crippen molar-refractivity contribution >= 4 is 33.7 Å². The molecule has 2 rings (SSSR count). The first-order chi connectivity index (χ1) is 12.0. The van der Waals surface area contributed by atoms with Gasteiger partial charge in [0.15, 0.2) is 6.61 Å². The lowest BCUT2D eigenvalue weighted by molar-refractivity contribution is -0.384. The molecule has 0 atom stereocenters. The van der Waals surface area contributed by atoms with E-state index in [4.69, 9.17) is 4.74 Å². The van der Waals surface area contributed by atoms with Crippen LogP contribution < -0.4 is 10.2 Å². The highest BCUT2D eigenvalue weighted by Crippen LogP contribution is 2.23. The van der Waals surface area contributed by atoms with E-state index in [0.29, 0.717) is 11.3 Å². The number of hydrazone groups is 1. The molecule has 0 aromatic heterocycles. The van der Waals surface area contributed by atoms with Crippen LogP contribution in [0.3, 0.4) is 0 Å². The van der Waals surface area contributed by atoms with E-state index >= 15 is 0 Å². The van der Waals surface area contributed by atoms with Crippen LogP contribution in [-0.2, 0) is 11.2 Å². The summed E-state index contributed by atoms with van der Waals surface area (Å²) in [6, 6.07) is 11.4. The van der Waals surface area contributed by atoms with Gasteiger partial charge in [-0.3, -0.25) is 14.9 Å². The zero-order valence-electron chi connectivity index (χ0n) is 13.4. The van der Waals surface area contributed by atoms with Crippen molar-refractivity contribution in [1.82, 2.24) is 5.43 Å². The first kappa shape index (κ1) is 18.6. The molecule has 0 spiro atoms. The Balaban J connectivity index is 1.85. The van der Waals surface area contributed by atoms with E-state index in [0.717, 1.165) is 16.5 Å². The predicted molar refractivity (Wildman–Crippen MR) is 97.8 cm³/mol. The lowest BCUT2D eigenvalue weighted by Gasteiger charge is -2.09. The van der Waals surface area contributed by atoms with Crippen LogP contribution in [0.4, 0.5) is 5.69 Å². The van der Waals surface area contributed by atoms with Crippen molar-refractivity contribution in [2.24, 2.45) is 5.10 Å². The van der Waals surface area contributed by atoms with Gasteiger partial charge in [0.1, 0.15) is 5.75 Å². The fourth-order valence-electron chi connectivity index (χ4n) is 2.00. The van der Waals surface area contributed by atoms with Gasteiger partial charge in [0.2, 0.25) is 0 Å². The summed E-state index contributed by atoms with van der Waals surface area (Å²) in [4.78, 5) is 21.9. The number of ether oxygens (including phenoxy) is 1. The Kier molecular flexibility index (Phi) is 6.64. The molecule has 0 aliphatic heterocycles. The predicted octanol–water partition coefficient (Wildman–Crippen LogP) is 3.45. The molecule has 8 heteroatoms. The summed E-state index contributed by atoms with van der Waals surface area (Å²) in [5.74, 6) is 0.253. The van der Waals surface area contributed by atoms with Gasteiger partial charge >= 0.3 is 0 Å². The molecular formula is C17H16BrN3O4. The zero-order valence-corrected chi connectivity index (χ0v) is 15.0. The standard InChI is InChI=1S/C17H16BrN3O4/c1-2-13-9-14(18)5-8-16(13)25-11-17(22)20-19-10-12-3-6-15(7-4-12)21(23)24/h3-10H,2,11H2,1H3,(H,20,22)/b19-10+. The van der Waals surface area contributed by atoms with Crippen LogP contribution >= 0.6 is 15.9 Å². The maximum Gasteiger partial charge on any atom is 0.277 e. The summed E-state index contributed by atoms with van der Waals surface area (Å²) in [7, 11) is 0. The van der Waals surface area contributed by atoms with Crippen LogP contribution in [0.15, 0.2) is 52.0 Å². The van der Waals surface area contributed by atoms with Gasteiger partial charge in [0, 0.05) is 16.6 Å². The molecule has 0 fully saturated rings. The molecule has 0 unspecified atom stereocenters. The number of nitrogens with one attached hydrogen (secondary N) is 1. The van der Waals surface area contributed by atoms with E-state index in [-0.39, 0.29) is 12.3 Å². The second-order valence-corrected chi connectivity index (χ2v) is 5.95. The monoisotopic (exact) mass is 405 g/mol. The third-order valence-corrected chi connectivity index (χ3v) is 3.76. The average Bonchev–Trinajstić information content (AvgIpc) is 2.61. The van der Waals surface area contributed by atoms with Crippen LogP contribution in [0, 0.1) is 10.1 Å². The molecular weight excluding hydrogens is 390 g/mol. The number of nitrogens with zero attached hydrogens (tertiary/aromatic N) is 2. The second-order valence-electron chi connectivity index (χ2n) is 5.04. The van der Waals surface area contributed by atoms with Crippen molar-refractivity contribution in [3.63, 3.8) is 0 Å². The fourth-order valence-corrected chi connectivity index (χ4v) is 2.41. The minimum Gasteiger partial charge on any atom is -0.483 e. The van der Waals surface area contributed by atoms with E-state index in [1.165, 1.54) is 18.3 Å². The van der Waals surface area contributed by atoms with Crippen LogP contribution in [0.2, 0.25) is 0 Å². The molecule has 0 heterocycles. The highest BCUT2D eigenvalue weighted by Gasteiger charge is 2.06. The minimum atomic E-state index is -0.479. The summed E-state index contributed by atoms with van der Waals surface area (Å²) >= 11 is 3.39. The van der Waals surface area contributed by atoms with Gasteiger partial charge in [-0.1, -0.05) is 22.9 Å². The van der Waals surface area contributed by atoms with Gasteiger partial charge in [0.25, 0.3) is 11.6 Å². The van der Waals surface area contributed by atoms with Crippen LogP contribution in [-0.4, -0.2) is 23.7 Å². The molecule has 0 radical (unpaired) electrons. The lowest BCUT2D eigenvalue weighted by Crippen LogP contribution is -2.24. The van der Waals surface area contributed by atoms with E-state index in [1.54, 1.807) is 18.2 Å². The van der Waals surface area contributed by atoms with E-state index in [9.17, 15) is 14.9 Å². The summed E-state index contributed by atoms with van der Waals surface area (Å²) in [6.07, 6.45) is 2.19. The summed E-state index contributed by atoms with van der Waals surface area (Å²) in [5, 5.41) is 14.4. The number of hydrogen-bond acceptors (Lipinski definition) is 5. The van der Waals surface area contributed by atoms with Gasteiger partial charge in [-0.05, 0) is 47.9 Å². The number of benzene rings is 2.